The fraction of sp³-hybridized carbons (Fsp3) is 0.733. The van der Waals surface area contributed by atoms with Crippen LogP contribution in [-0.4, -0.2) is 55.6 Å². The summed E-state index contributed by atoms with van der Waals surface area (Å²) >= 11 is 1.70. The van der Waals surface area contributed by atoms with Crippen LogP contribution in [0.3, 0.4) is 0 Å². The van der Waals surface area contributed by atoms with Gasteiger partial charge in [-0.15, -0.1) is 11.3 Å². The molecule has 1 heterocycles. The SMILES string of the molecule is CCC(C)N(C)CCNC(=NC)NCCc1csc(C)n1. The summed E-state index contributed by atoms with van der Waals surface area (Å²) in [6, 6.07) is 0.620. The van der Waals surface area contributed by atoms with E-state index in [1.807, 2.05) is 6.92 Å². The van der Waals surface area contributed by atoms with Gasteiger partial charge < -0.3 is 15.5 Å². The number of nitrogens with zero attached hydrogens (tertiary/aromatic N) is 3. The predicted molar refractivity (Wildman–Crippen MR) is 92.3 cm³/mol. The van der Waals surface area contributed by atoms with Crippen LogP contribution in [0.15, 0.2) is 10.4 Å². The topological polar surface area (TPSA) is 52.5 Å². The number of aromatic nitrogens is 1. The molecule has 0 aliphatic heterocycles. The summed E-state index contributed by atoms with van der Waals surface area (Å²) in [7, 11) is 3.97. The smallest absolute Gasteiger partial charge is 0.191 e. The molecule has 1 unspecified atom stereocenters. The fourth-order valence-corrected chi connectivity index (χ4v) is 2.58. The highest BCUT2D eigenvalue weighted by atomic mass is 32.1. The molecular formula is C15H29N5S. The van der Waals surface area contributed by atoms with Gasteiger partial charge in [0, 0.05) is 44.5 Å². The van der Waals surface area contributed by atoms with Gasteiger partial charge in [-0.2, -0.15) is 0 Å². The normalized spacial score (nSPS) is 13.5. The molecule has 0 spiro atoms. The van der Waals surface area contributed by atoms with Crippen molar-refractivity contribution in [1.82, 2.24) is 20.5 Å². The zero-order valence-electron chi connectivity index (χ0n) is 13.9. The van der Waals surface area contributed by atoms with Crippen LogP contribution in [-0.2, 0) is 6.42 Å². The Bertz CT molecular complexity index is 429. The predicted octanol–water partition coefficient (Wildman–Crippen LogP) is 1.89. The van der Waals surface area contributed by atoms with Gasteiger partial charge in [0.05, 0.1) is 10.7 Å². The molecule has 0 amide bonds. The molecule has 1 aromatic heterocycles. The van der Waals surface area contributed by atoms with E-state index in [1.165, 1.54) is 6.42 Å². The Kier molecular flexibility index (Phi) is 8.30. The van der Waals surface area contributed by atoms with Crippen molar-refractivity contribution in [3.05, 3.63) is 16.1 Å². The van der Waals surface area contributed by atoms with Gasteiger partial charge in [0.2, 0.25) is 0 Å². The number of aliphatic imine (C=N–C) groups is 1. The molecule has 0 radical (unpaired) electrons. The van der Waals surface area contributed by atoms with E-state index >= 15 is 0 Å². The molecule has 2 N–H and O–H groups in total. The number of hydrogen-bond acceptors (Lipinski definition) is 4. The van der Waals surface area contributed by atoms with Crippen molar-refractivity contribution >= 4 is 17.3 Å². The Hall–Kier alpha value is -1.14. The van der Waals surface area contributed by atoms with E-state index in [2.05, 4.69) is 51.8 Å². The van der Waals surface area contributed by atoms with Crippen molar-refractivity contribution in [3.8, 4) is 0 Å². The van der Waals surface area contributed by atoms with Crippen LogP contribution in [0.25, 0.3) is 0 Å². The average Bonchev–Trinajstić information content (AvgIpc) is 2.90. The molecule has 21 heavy (non-hydrogen) atoms. The molecule has 0 saturated heterocycles. The lowest BCUT2D eigenvalue weighted by molar-refractivity contribution is 0.255. The van der Waals surface area contributed by atoms with E-state index in [1.54, 1.807) is 18.4 Å². The van der Waals surface area contributed by atoms with Gasteiger partial charge in [-0.25, -0.2) is 4.98 Å². The van der Waals surface area contributed by atoms with Crippen molar-refractivity contribution in [1.29, 1.82) is 0 Å². The van der Waals surface area contributed by atoms with Crippen LogP contribution in [0.5, 0.6) is 0 Å². The van der Waals surface area contributed by atoms with Gasteiger partial charge in [-0.1, -0.05) is 6.92 Å². The highest BCUT2D eigenvalue weighted by Crippen LogP contribution is 2.07. The number of aryl methyl sites for hydroxylation is 1. The van der Waals surface area contributed by atoms with Gasteiger partial charge in [-0.3, -0.25) is 4.99 Å². The fourth-order valence-electron chi connectivity index (χ4n) is 1.94. The number of nitrogens with one attached hydrogen (secondary N) is 2. The van der Waals surface area contributed by atoms with Crippen LogP contribution in [0.1, 0.15) is 31.0 Å². The van der Waals surface area contributed by atoms with Crippen LogP contribution in [0, 0.1) is 6.92 Å². The molecule has 6 heteroatoms. The van der Waals surface area contributed by atoms with Gasteiger partial charge in [0.1, 0.15) is 0 Å². The van der Waals surface area contributed by atoms with Crippen molar-refractivity contribution in [2.24, 2.45) is 4.99 Å². The largest absolute Gasteiger partial charge is 0.356 e. The molecular weight excluding hydrogens is 282 g/mol. The van der Waals surface area contributed by atoms with E-state index in [-0.39, 0.29) is 0 Å². The van der Waals surface area contributed by atoms with Crippen LogP contribution >= 0.6 is 11.3 Å². The third kappa shape index (κ3) is 6.91. The number of likely N-dealkylation sites (N-methyl/N-ethyl adjacent to an activating group) is 1. The minimum atomic E-state index is 0.620. The molecule has 120 valence electrons. The second kappa shape index (κ2) is 9.73. The molecule has 0 aliphatic rings. The van der Waals surface area contributed by atoms with E-state index in [9.17, 15) is 0 Å². The lowest BCUT2D eigenvalue weighted by atomic mass is 10.2. The highest BCUT2D eigenvalue weighted by molar-refractivity contribution is 7.09. The Morgan fingerprint density at radius 3 is 2.71 bits per heavy atom. The summed E-state index contributed by atoms with van der Waals surface area (Å²) in [4.78, 5) is 11.1. The summed E-state index contributed by atoms with van der Waals surface area (Å²) in [6.45, 7) is 9.27. The molecule has 0 saturated carbocycles. The average molecular weight is 311 g/mol. The molecule has 0 aliphatic carbocycles. The standard InChI is InChI=1S/C15H29N5S/c1-6-12(2)20(5)10-9-18-15(16-4)17-8-7-14-11-21-13(3)19-14/h11-12H,6-10H2,1-5H3,(H2,16,17,18). The summed E-state index contributed by atoms with van der Waals surface area (Å²) in [5.41, 5.74) is 1.15. The first-order chi connectivity index (χ1) is 10.1. The Morgan fingerprint density at radius 1 is 1.43 bits per heavy atom. The maximum atomic E-state index is 4.46. The summed E-state index contributed by atoms with van der Waals surface area (Å²) in [6.07, 6.45) is 2.11. The van der Waals surface area contributed by atoms with Gasteiger partial charge in [-0.05, 0) is 27.3 Å². The monoisotopic (exact) mass is 311 g/mol. The van der Waals surface area contributed by atoms with Crippen LogP contribution < -0.4 is 10.6 Å². The summed E-state index contributed by atoms with van der Waals surface area (Å²) in [5.74, 6) is 0.861. The molecule has 1 atom stereocenters. The Labute approximate surface area is 132 Å². The van der Waals surface area contributed by atoms with Crippen molar-refractivity contribution in [2.45, 2.75) is 39.7 Å². The lowest BCUT2D eigenvalue weighted by Gasteiger charge is -2.23. The van der Waals surface area contributed by atoms with Crippen LogP contribution in [0.2, 0.25) is 0 Å². The second-order valence-corrected chi connectivity index (χ2v) is 6.33. The van der Waals surface area contributed by atoms with Crippen LogP contribution in [0.4, 0.5) is 0 Å². The quantitative estimate of drug-likeness (QED) is 0.569. The molecule has 1 aromatic rings. The lowest BCUT2D eigenvalue weighted by Crippen LogP contribution is -2.42. The Balaban J connectivity index is 2.20. The van der Waals surface area contributed by atoms with E-state index in [0.717, 1.165) is 42.7 Å². The zero-order chi connectivity index (χ0) is 15.7. The highest BCUT2D eigenvalue weighted by Gasteiger charge is 2.06. The minimum Gasteiger partial charge on any atom is -0.356 e. The van der Waals surface area contributed by atoms with Crippen molar-refractivity contribution in [2.75, 3.05) is 33.7 Å². The number of thiazole rings is 1. The Morgan fingerprint density at radius 2 is 2.14 bits per heavy atom. The van der Waals surface area contributed by atoms with Crippen molar-refractivity contribution in [3.63, 3.8) is 0 Å². The first kappa shape index (κ1) is 17.9. The maximum absolute atomic E-state index is 4.46. The van der Waals surface area contributed by atoms with Gasteiger partial charge in [0.25, 0.3) is 0 Å². The number of rotatable bonds is 8. The molecule has 0 aromatic carbocycles. The van der Waals surface area contributed by atoms with E-state index < -0.39 is 0 Å². The van der Waals surface area contributed by atoms with Crippen molar-refractivity contribution < 1.29 is 0 Å². The number of guanidine groups is 1. The molecule has 1 rings (SSSR count). The first-order valence-electron chi connectivity index (χ1n) is 7.62. The maximum Gasteiger partial charge on any atom is 0.191 e. The van der Waals surface area contributed by atoms with Gasteiger partial charge >= 0.3 is 0 Å². The molecule has 5 nitrogen and oxygen atoms in total. The third-order valence-electron chi connectivity index (χ3n) is 3.66. The summed E-state index contributed by atoms with van der Waals surface area (Å²) in [5, 5.41) is 9.92. The minimum absolute atomic E-state index is 0.620. The molecule has 0 fully saturated rings. The van der Waals surface area contributed by atoms with E-state index in [0.29, 0.717) is 6.04 Å². The summed E-state index contributed by atoms with van der Waals surface area (Å²) < 4.78 is 0. The van der Waals surface area contributed by atoms with E-state index in [4.69, 9.17) is 0 Å². The van der Waals surface area contributed by atoms with Gasteiger partial charge in [0.15, 0.2) is 5.96 Å². The second-order valence-electron chi connectivity index (χ2n) is 5.27. The zero-order valence-corrected chi connectivity index (χ0v) is 14.8. The first-order valence-corrected chi connectivity index (χ1v) is 8.50. The molecule has 0 bridgehead atoms. The third-order valence-corrected chi connectivity index (χ3v) is 4.49. The number of hydrogen-bond donors (Lipinski definition) is 2.